The first-order chi connectivity index (χ1) is 12.3. The predicted molar refractivity (Wildman–Crippen MR) is 91.2 cm³/mol. The predicted octanol–water partition coefficient (Wildman–Crippen LogP) is 3.92. The molecule has 2 atom stereocenters. The molecule has 8 heteroatoms. The SMILES string of the molecule is CN(c1cc(F)nc(F)c1)[C@@H]1CCCC[C@H]1N(C)c1cc(F)nc(F)c1. The van der Waals surface area contributed by atoms with E-state index in [1.165, 1.54) is 24.3 Å². The van der Waals surface area contributed by atoms with E-state index in [-0.39, 0.29) is 12.1 Å². The summed E-state index contributed by atoms with van der Waals surface area (Å²) in [6.07, 6.45) is 3.53. The van der Waals surface area contributed by atoms with Crippen LogP contribution in [0.2, 0.25) is 0 Å². The van der Waals surface area contributed by atoms with Gasteiger partial charge in [0, 0.05) is 61.8 Å². The van der Waals surface area contributed by atoms with Gasteiger partial charge >= 0.3 is 0 Å². The molecule has 0 saturated heterocycles. The zero-order valence-corrected chi connectivity index (χ0v) is 14.6. The van der Waals surface area contributed by atoms with Crippen LogP contribution in [0.5, 0.6) is 0 Å². The van der Waals surface area contributed by atoms with Crippen molar-refractivity contribution < 1.29 is 17.6 Å². The van der Waals surface area contributed by atoms with Gasteiger partial charge in [0.25, 0.3) is 0 Å². The summed E-state index contributed by atoms with van der Waals surface area (Å²) in [6.45, 7) is 0. The van der Waals surface area contributed by atoms with Gasteiger partial charge in [0.1, 0.15) is 0 Å². The molecule has 4 nitrogen and oxygen atoms in total. The number of aromatic nitrogens is 2. The summed E-state index contributed by atoms with van der Waals surface area (Å²) in [6, 6.07) is 4.57. The lowest BCUT2D eigenvalue weighted by Crippen LogP contribution is -2.51. The van der Waals surface area contributed by atoms with Gasteiger partial charge < -0.3 is 9.80 Å². The lowest BCUT2D eigenvalue weighted by atomic mass is 9.88. The molecule has 0 unspecified atom stereocenters. The summed E-state index contributed by atoms with van der Waals surface area (Å²) in [5.41, 5.74) is 0.764. The standard InChI is InChI=1S/C18H20F4N4/c1-25(11-7-15(19)23-16(20)8-11)13-5-3-4-6-14(13)26(2)12-9-17(21)24-18(22)10-12/h7-10,13-14H,3-6H2,1-2H3/t13-,14-/m1/s1. The summed E-state index contributed by atoms with van der Waals surface area (Å²) in [5, 5.41) is 0. The molecule has 1 saturated carbocycles. The Balaban J connectivity index is 1.89. The molecule has 26 heavy (non-hydrogen) atoms. The van der Waals surface area contributed by atoms with Crippen LogP contribution >= 0.6 is 0 Å². The highest BCUT2D eigenvalue weighted by Crippen LogP contribution is 2.32. The second-order valence-corrected chi connectivity index (χ2v) is 6.58. The van der Waals surface area contributed by atoms with Crippen molar-refractivity contribution in [1.82, 2.24) is 9.97 Å². The van der Waals surface area contributed by atoms with Crippen molar-refractivity contribution in [2.75, 3.05) is 23.9 Å². The van der Waals surface area contributed by atoms with Crippen LogP contribution in [0.1, 0.15) is 25.7 Å². The van der Waals surface area contributed by atoms with Crippen LogP contribution in [0.25, 0.3) is 0 Å². The van der Waals surface area contributed by atoms with Crippen molar-refractivity contribution in [1.29, 1.82) is 0 Å². The Bertz CT molecular complexity index is 680. The largest absolute Gasteiger partial charge is 0.369 e. The fourth-order valence-electron chi connectivity index (χ4n) is 3.69. The maximum Gasteiger partial charge on any atom is 0.217 e. The van der Waals surface area contributed by atoms with Gasteiger partial charge in [-0.2, -0.15) is 27.5 Å². The van der Waals surface area contributed by atoms with E-state index < -0.39 is 23.8 Å². The summed E-state index contributed by atoms with van der Waals surface area (Å²) in [4.78, 5) is 9.86. The molecule has 1 fully saturated rings. The van der Waals surface area contributed by atoms with Crippen LogP contribution in [0.4, 0.5) is 28.9 Å². The van der Waals surface area contributed by atoms with E-state index in [2.05, 4.69) is 9.97 Å². The molecule has 1 aliphatic rings. The normalized spacial score (nSPS) is 20.1. The minimum atomic E-state index is -0.883. The van der Waals surface area contributed by atoms with Gasteiger partial charge in [-0.1, -0.05) is 12.8 Å². The number of rotatable bonds is 4. The molecule has 0 N–H and O–H groups in total. The van der Waals surface area contributed by atoms with Crippen molar-refractivity contribution >= 4 is 11.4 Å². The van der Waals surface area contributed by atoms with Gasteiger partial charge in [0.05, 0.1) is 0 Å². The molecule has 0 bridgehead atoms. The molecule has 2 aromatic rings. The van der Waals surface area contributed by atoms with Crippen LogP contribution in [-0.2, 0) is 0 Å². The second kappa shape index (κ2) is 7.47. The van der Waals surface area contributed by atoms with Gasteiger partial charge in [-0.15, -0.1) is 0 Å². The quantitative estimate of drug-likeness (QED) is 0.605. The molecule has 0 spiro atoms. The molecule has 0 radical (unpaired) electrons. The highest BCUT2D eigenvalue weighted by molar-refractivity contribution is 5.50. The van der Waals surface area contributed by atoms with Crippen molar-refractivity contribution in [3.63, 3.8) is 0 Å². The van der Waals surface area contributed by atoms with E-state index in [0.29, 0.717) is 11.4 Å². The Morgan fingerprint density at radius 2 is 1.00 bits per heavy atom. The fourth-order valence-corrected chi connectivity index (χ4v) is 3.69. The molecule has 0 amide bonds. The highest BCUT2D eigenvalue weighted by Gasteiger charge is 2.32. The smallest absolute Gasteiger partial charge is 0.217 e. The number of pyridine rings is 2. The minimum Gasteiger partial charge on any atom is -0.369 e. The maximum absolute atomic E-state index is 13.5. The van der Waals surface area contributed by atoms with Gasteiger partial charge in [-0.25, -0.2) is 0 Å². The van der Waals surface area contributed by atoms with Crippen molar-refractivity contribution in [2.45, 2.75) is 37.8 Å². The average molecular weight is 368 g/mol. The maximum atomic E-state index is 13.5. The Hall–Kier alpha value is -2.38. The van der Waals surface area contributed by atoms with Gasteiger partial charge in [0.15, 0.2) is 0 Å². The zero-order valence-electron chi connectivity index (χ0n) is 14.6. The third-order valence-corrected chi connectivity index (χ3v) is 5.00. The van der Waals surface area contributed by atoms with Crippen molar-refractivity contribution in [2.24, 2.45) is 0 Å². The summed E-state index contributed by atoms with van der Waals surface area (Å²) >= 11 is 0. The summed E-state index contributed by atoms with van der Waals surface area (Å²) in [7, 11) is 3.53. The number of halogens is 4. The molecule has 0 aliphatic heterocycles. The molecule has 2 heterocycles. The van der Waals surface area contributed by atoms with Crippen molar-refractivity contribution in [3.8, 4) is 0 Å². The molecule has 1 aliphatic carbocycles. The van der Waals surface area contributed by atoms with Gasteiger partial charge in [-0.05, 0) is 12.8 Å². The number of anilines is 2. The van der Waals surface area contributed by atoms with E-state index >= 15 is 0 Å². The van der Waals surface area contributed by atoms with Gasteiger partial charge in [0.2, 0.25) is 23.8 Å². The first-order valence-corrected chi connectivity index (χ1v) is 8.47. The topological polar surface area (TPSA) is 32.3 Å². The monoisotopic (exact) mass is 368 g/mol. The number of likely N-dealkylation sites (N-methyl/N-ethyl adjacent to an activating group) is 2. The van der Waals surface area contributed by atoms with E-state index in [4.69, 9.17) is 0 Å². The fraction of sp³-hybridized carbons (Fsp3) is 0.444. The van der Waals surface area contributed by atoms with E-state index in [1.807, 2.05) is 9.80 Å². The van der Waals surface area contributed by atoms with Crippen LogP contribution in [0.3, 0.4) is 0 Å². The molecule has 2 aromatic heterocycles. The van der Waals surface area contributed by atoms with Crippen LogP contribution in [0, 0.1) is 23.8 Å². The number of hydrogen-bond acceptors (Lipinski definition) is 4. The van der Waals surface area contributed by atoms with Gasteiger partial charge in [-0.3, -0.25) is 0 Å². The molecular formula is C18H20F4N4. The Morgan fingerprint density at radius 1 is 0.692 bits per heavy atom. The minimum absolute atomic E-state index is 0.0748. The Kier molecular flexibility index (Phi) is 5.29. The number of nitrogens with zero attached hydrogens (tertiary/aromatic N) is 4. The summed E-state index contributed by atoms with van der Waals surface area (Å²) < 4.78 is 53.9. The average Bonchev–Trinajstić information content (AvgIpc) is 2.59. The van der Waals surface area contributed by atoms with Crippen LogP contribution < -0.4 is 9.80 Å². The zero-order chi connectivity index (χ0) is 18.8. The lowest BCUT2D eigenvalue weighted by Gasteiger charge is -2.44. The highest BCUT2D eigenvalue weighted by atomic mass is 19.1. The Labute approximate surface area is 149 Å². The van der Waals surface area contributed by atoms with E-state index in [0.717, 1.165) is 25.7 Å². The third kappa shape index (κ3) is 3.89. The van der Waals surface area contributed by atoms with Crippen LogP contribution in [0.15, 0.2) is 24.3 Å². The first-order valence-electron chi connectivity index (χ1n) is 8.47. The number of hydrogen-bond donors (Lipinski definition) is 0. The second-order valence-electron chi connectivity index (χ2n) is 6.58. The molecular weight excluding hydrogens is 348 g/mol. The molecule has 3 rings (SSSR count). The van der Waals surface area contributed by atoms with E-state index in [1.54, 1.807) is 14.1 Å². The third-order valence-electron chi connectivity index (χ3n) is 5.00. The molecule has 140 valence electrons. The lowest BCUT2D eigenvalue weighted by molar-refractivity contribution is 0.361. The molecule has 0 aromatic carbocycles. The summed E-state index contributed by atoms with van der Waals surface area (Å²) in [5.74, 6) is -3.53. The van der Waals surface area contributed by atoms with Crippen LogP contribution in [-0.4, -0.2) is 36.1 Å². The van der Waals surface area contributed by atoms with E-state index in [9.17, 15) is 17.6 Å². The van der Waals surface area contributed by atoms with Crippen molar-refractivity contribution in [3.05, 3.63) is 48.1 Å². The Morgan fingerprint density at radius 3 is 1.31 bits per heavy atom. The first kappa shape index (κ1) is 18.4.